The molecule has 3 aromatic rings. The number of carbonyl (C=O) groups excluding carboxylic acids is 3. The maximum Gasteiger partial charge on any atom is 0.323 e. The summed E-state index contributed by atoms with van der Waals surface area (Å²) in [5.41, 5.74) is 2.09. The first-order valence-corrected chi connectivity index (χ1v) is 13.9. The molecule has 4 rings (SSSR count). The lowest BCUT2D eigenvalue weighted by molar-refractivity contribution is 0.0373. The van der Waals surface area contributed by atoms with E-state index in [4.69, 9.17) is 14.0 Å². The quantitative estimate of drug-likeness (QED) is 0.300. The largest absolute Gasteiger partial charge is 0.497 e. The Balaban J connectivity index is 1.61. The highest BCUT2D eigenvalue weighted by Crippen LogP contribution is 2.35. The van der Waals surface area contributed by atoms with Gasteiger partial charge in [-0.2, -0.15) is 0 Å². The number of aliphatic hydroxyl groups excluding tert-OH is 1. The van der Waals surface area contributed by atoms with Crippen molar-refractivity contribution in [3.05, 3.63) is 59.5 Å². The van der Waals surface area contributed by atoms with E-state index in [1.165, 1.54) is 4.90 Å². The summed E-state index contributed by atoms with van der Waals surface area (Å²) in [6.45, 7) is 7.30. The van der Waals surface area contributed by atoms with Crippen molar-refractivity contribution < 1.29 is 33.5 Å². The van der Waals surface area contributed by atoms with E-state index in [9.17, 15) is 19.5 Å². The van der Waals surface area contributed by atoms with Gasteiger partial charge in [-0.1, -0.05) is 18.1 Å². The van der Waals surface area contributed by atoms with E-state index >= 15 is 0 Å². The second kappa shape index (κ2) is 13.5. The molecule has 0 unspecified atom stereocenters. The van der Waals surface area contributed by atoms with Crippen LogP contribution in [0.25, 0.3) is 0 Å². The van der Waals surface area contributed by atoms with E-state index in [0.29, 0.717) is 28.6 Å². The predicted molar refractivity (Wildman–Crippen MR) is 161 cm³/mol. The lowest BCUT2D eigenvalue weighted by atomic mass is 9.99. The molecule has 230 valence electrons. The van der Waals surface area contributed by atoms with Gasteiger partial charge in [0.2, 0.25) is 0 Å². The summed E-state index contributed by atoms with van der Waals surface area (Å²) in [6, 6.07) is 10.3. The van der Waals surface area contributed by atoms with Gasteiger partial charge in [0, 0.05) is 25.2 Å². The van der Waals surface area contributed by atoms with Crippen molar-refractivity contribution >= 4 is 35.0 Å². The van der Waals surface area contributed by atoms with Crippen molar-refractivity contribution in [2.24, 2.45) is 5.92 Å². The molecule has 1 aromatic heterocycles. The Labute approximate surface area is 250 Å². The molecule has 0 fully saturated rings. The van der Waals surface area contributed by atoms with Gasteiger partial charge in [-0.3, -0.25) is 4.79 Å². The van der Waals surface area contributed by atoms with Crippen LogP contribution in [0, 0.1) is 19.8 Å². The maximum atomic E-state index is 13.7. The fraction of sp³-hybridized carbons (Fsp3) is 0.400. The van der Waals surface area contributed by atoms with Gasteiger partial charge >= 0.3 is 12.1 Å². The summed E-state index contributed by atoms with van der Waals surface area (Å²) in [7, 11) is 3.19. The average molecular weight is 595 g/mol. The minimum atomic E-state index is -0.590. The Hall–Kier alpha value is -4.78. The monoisotopic (exact) mass is 594 g/mol. The molecule has 5 amide bonds. The number of fused-ring (bicyclic) bond motifs is 1. The van der Waals surface area contributed by atoms with Crippen LogP contribution in [-0.2, 0) is 0 Å². The Morgan fingerprint density at radius 2 is 1.88 bits per heavy atom. The van der Waals surface area contributed by atoms with Gasteiger partial charge in [0.25, 0.3) is 5.91 Å². The molecule has 0 spiro atoms. The van der Waals surface area contributed by atoms with E-state index in [-0.39, 0.29) is 48.5 Å². The molecule has 2 heterocycles. The van der Waals surface area contributed by atoms with Gasteiger partial charge in [0.15, 0.2) is 11.5 Å². The number of aromatic nitrogens is 1. The second-order valence-corrected chi connectivity index (χ2v) is 10.6. The molecular formula is C30H38N6O7. The third kappa shape index (κ3) is 7.17. The lowest BCUT2D eigenvalue weighted by Gasteiger charge is -2.38. The van der Waals surface area contributed by atoms with Crippen molar-refractivity contribution in [3.63, 3.8) is 0 Å². The van der Waals surface area contributed by atoms with Gasteiger partial charge in [-0.15, -0.1) is 0 Å². The van der Waals surface area contributed by atoms with Crippen LogP contribution in [0.5, 0.6) is 11.5 Å². The number of aliphatic hydroxyl groups is 1. The zero-order chi connectivity index (χ0) is 31.3. The molecule has 0 saturated heterocycles. The van der Waals surface area contributed by atoms with Gasteiger partial charge in [0.1, 0.15) is 23.2 Å². The highest BCUT2D eigenvalue weighted by molar-refractivity contribution is 6.04. The van der Waals surface area contributed by atoms with Crippen LogP contribution >= 0.6 is 0 Å². The molecule has 13 heteroatoms. The number of carbonyl (C=O) groups is 3. The molecule has 2 aromatic carbocycles. The molecule has 1 aliphatic heterocycles. The number of para-hydroxylation sites is 1. The van der Waals surface area contributed by atoms with Crippen LogP contribution < -0.4 is 25.4 Å². The topological polar surface area (TPSA) is 158 Å². The van der Waals surface area contributed by atoms with Gasteiger partial charge < -0.3 is 44.9 Å². The fourth-order valence-corrected chi connectivity index (χ4v) is 4.74. The number of hydrogen-bond donors (Lipinski definition) is 4. The summed E-state index contributed by atoms with van der Waals surface area (Å²) >= 11 is 0. The van der Waals surface area contributed by atoms with E-state index in [1.54, 1.807) is 82.3 Å². The van der Waals surface area contributed by atoms with E-state index in [2.05, 4.69) is 21.1 Å². The number of anilines is 3. The summed E-state index contributed by atoms with van der Waals surface area (Å²) in [5.74, 6) is 0.699. The second-order valence-electron chi connectivity index (χ2n) is 10.6. The summed E-state index contributed by atoms with van der Waals surface area (Å²) in [6.07, 6.45) is -0.590. The first-order chi connectivity index (χ1) is 20.5. The predicted octanol–water partition coefficient (Wildman–Crippen LogP) is 4.33. The minimum Gasteiger partial charge on any atom is -0.497 e. The molecule has 4 N–H and O–H groups in total. The van der Waals surface area contributed by atoms with Crippen molar-refractivity contribution in [2.45, 2.75) is 39.8 Å². The molecule has 3 atom stereocenters. The van der Waals surface area contributed by atoms with Gasteiger partial charge in [-0.25, -0.2) is 9.59 Å². The number of hydrogen-bond acceptors (Lipinski definition) is 8. The van der Waals surface area contributed by atoms with Crippen LogP contribution in [0.15, 0.2) is 47.0 Å². The SMILES string of the molecule is COc1ccc(NC(=O)Nc2cccc3c2O[C@H](CN(C)C(=O)Nc2c(C)noc2C)[C@H](C)CN([C@@H](C)CO)C3=O)cc1. The minimum absolute atomic E-state index is 0.151. The molecule has 0 bridgehead atoms. The highest BCUT2D eigenvalue weighted by atomic mass is 16.5. The van der Waals surface area contributed by atoms with E-state index < -0.39 is 24.2 Å². The van der Waals surface area contributed by atoms with Gasteiger partial charge in [-0.05, 0) is 57.2 Å². The number of methoxy groups -OCH3 is 1. The zero-order valence-electron chi connectivity index (χ0n) is 25.1. The van der Waals surface area contributed by atoms with Crippen molar-refractivity contribution in [1.82, 2.24) is 15.0 Å². The third-order valence-electron chi connectivity index (χ3n) is 7.35. The number of urea groups is 2. The van der Waals surface area contributed by atoms with Crippen LogP contribution in [0.4, 0.5) is 26.7 Å². The Bertz CT molecular complexity index is 1440. The van der Waals surface area contributed by atoms with Crippen LogP contribution in [0.1, 0.15) is 35.7 Å². The number of aryl methyl sites for hydroxylation is 2. The lowest BCUT2D eigenvalue weighted by Crippen LogP contribution is -2.50. The standard InChI is InChI=1S/C30H38N6O7/c1-17-14-36(18(2)16-37)28(38)23-8-7-9-24(32-29(39)31-21-10-12-22(41-6)13-11-21)27(23)42-25(17)15-35(5)30(40)33-26-19(3)34-43-20(26)4/h7-13,17-18,25,37H,14-16H2,1-6H3,(H,33,40)(H2,31,32,39)/t17-,18+,25-/m1/s1. The number of benzene rings is 2. The van der Waals surface area contributed by atoms with Crippen molar-refractivity contribution in [2.75, 3.05) is 49.8 Å². The summed E-state index contributed by atoms with van der Waals surface area (Å²) < 4.78 is 16.8. The maximum absolute atomic E-state index is 13.7. The normalized spacial score (nSPS) is 17.1. The van der Waals surface area contributed by atoms with Crippen molar-refractivity contribution in [1.29, 1.82) is 0 Å². The molecule has 0 saturated carbocycles. The molecule has 0 aliphatic carbocycles. The Morgan fingerprint density at radius 3 is 2.51 bits per heavy atom. The van der Waals surface area contributed by atoms with Crippen LogP contribution in [0.2, 0.25) is 0 Å². The van der Waals surface area contributed by atoms with Gasteiger partial charge in [0.05, 0.1) is 37.6 Å². The third-order valence-corrected chi connectivity index (χ3v) is 7.35. The van der Waals surface area contributed by atoms with Crippen LogP contribution in [0.3, 0.4) is 0 Å². The summed E-state index contributed by atoms with van der Waals surface area (Å²) in [5, 5.41) is 22.2. The average Bonchev–Trinajstić information content (AvgIpc) is 3.31. The first kappa shape index (κ1) is 31.2. The number of nitrogens with one attached hydrogen (secondary N) is 3. The molecule has 43 heavy (non-hydrogen) atoms. The Kier molecular flexibility index (Phi) is 9.76. The smallest absolute Gasteiger partial charge is 0.323 e. The Morgan fingerprint density at radius 1 is 1.16 bits per heavy atom. The summed E-state index contributed by atoms with van der Waals surface area (Å²) in [4.78, 5) is 42.9. The van der Waals surface area contributed by atoms with Crippen molar-refractivity contribution in [3.8, 4) is 11.5 Å². The molecule has 13 nitrogen and oxygen atoms in total. The number of ether oxygens (including phenoxy) is 2. The first-order valence-electron chi connectivity index (χ1n) is 13.9. The van der Waals surface area contributed by atoms with Crippen LogP contribution in [-0.4, -0.2) is 84.0 Å². The number of rotatable bonds is 8. The molecular weight excluding hydrogens is 556 g/mol. The number of nitrogens with zero attached hydrogens (tertiary/aromatic N) is 3. The molecule has 1 aliphatic rings. The highest BCUT2D eigenvalue weighted by Gasteiger charge is 2.35. The van der Waals surface area contributed by atoms with E-state index in [1.807, 2.05) is 6.92 Å². The number of likely N-dealkylation sites (N-methyl/N-ethyl adjacent to an activating group) is 1. The fourth-order valence-electron chi connectivity index (χ4n) is 4.74. The zero-order valence-corrected chi connectivity index (χ0v) is 25.1. The number of amides is 5. The van der Waals surface area contributed by atoms with E-state index in [0.717, 1.165) is 0 Å². The molecule has 0 radical (unpaired) electrons.